The molecule has 1 saturated heterocycles. The minimum Gasteiger partial charge on any atom is -0.504 e. The van der Waals surface area contributed by atoms with E-state index in [9.17, 15) is 19.8 Å². The van der Waals surface area contributed by atoms with Gasteiger partial charge in [0.1, 0.15) is 11.2 Å². The van der Waals surface area contributed by atoms with Crippen LogP contribution in [0.3, 0.4) is 0 Å². The van der Waals surface area contributed by atoms with Gasteiger partial charge in [0.15, 0.2) is 17.3 Å². The maximum Gasteiger partial charge on any atom is 0.160 e. The van der Waals surface area contributed by atoms with Crippen molar-refractivity contribution in [3.63, 3.8) is 0 Å². The van der Waals surface area contributed by atoms with Gasteiger partial charge in [-0.25, -0.2) is 0 Å². The summed E-state index contributed by atoms with van der Waals surface area (Å²) < 4.78 is 5.29. The van der Waals surface area contributed by atoms with Crippen LogP contribution in [-0.4, -0.2) is 46.6 Å². The summed E-state index contributed by atoms with van der Waals surface area (Å²) >= 11 is 0. The molecule has 2 spiro atoms. The number of aromatic hydroxyl groups is 1. The molecule has 6 nitrogen and oxygen atoms in total. The highest BCUT2D eigenvalue weighted by Gasteiger charge is 2.50. The van der Waals surface area contributed by atoms with E-state index in [0.29, 0.717) is 73.9 Å². The van der Waals surface area contributed by atoms with Gasteiger partial charge < -0.3 is 20.3 Å². The third-order valence-corrected chi connectivity index (χ3v) is 11.6. The number of benzene rings is 1. The van der Waals surface area contributed by atoms with Crippen molar-refractivity contribution in [2.75, 3.05) is 7.11 Å². The summed E-state index contributed by atoms with van der Waals surface area (Å²) in [6.07, 6.45) is 15.0. The number of methoxy groups -OCH3 is 1. The van der Waals surface area contributed by atoms with Gasteiger partial charge in [-0.05, 0) is 98.8 Å². The molecule has 0 radical (unpaired) electrons. The van der Waals surface area contributed by atoms with Crippen molar-refractivity contribution in [2.24, 2.45) is 23.2 Å². The molecule has 6 atom stereocenters. The lowest BCUT2D eigenvalue weighted by Crippen LogP contribution is -2.63. The second-order valence-electron chi connectivity index (χ2n) is 13.8. The third-order valence-electron chi connectivity index (χ3n) is 11.6. The number of nitrogens with one attached hydrogen (secondary N) is 1. The van der Waals surface area contributed by atoms with Crippen LogP contribution in [0.4, 0.5) is 0 Å². The number of phenolic OH excluding ortho intramolecular Hbond substituents is 1. The lowest BCUT2D eigenvalue weighted by Gasteiger charge is -2.54. The number of aryl methyl sites for hydroxylation is 1. The fraction of sp³-hybridized carbons (Fsp3) is 0.714. The van der Waals surface area contributed by atoms with Gasteiger partial charge in [-0.15, -0.1) is 0 Å². The molecule has 0 bridgehead atoms. The van der Waals surface area contributed by atoms with Gasteiger partial charge in [-0.1, -0.05) is 37.5 Å². The van der Waals surface area contributed by atoms with E-state index in [1.165, 1.54) is 45.6 Å². The van der Waals surface area contributed by atoms with Crippen molar-refractivity contribution in [1.29, 1.82) is 0 Å². The van der Waals surface area contributed by atoms with Gasteiger partial charge in [0, 0.05) is 37.3 Å². The second-order valence-corrected chi connectivity index (χ2v) is 13.8. The summed E-state index contributed by atoms with van der Waals surface area (Å²) in [7, 11) is 1.53. The van der Waals surface area contributed by atoms with E-state index in [2.05, 4.69) is 17.2 Å². The SMILES string of the molecule is COc1cc2c(cc1O)CC#CC1(CCC(CCC3CC4CCC(=O)CC4NC34CCCCC4)CC1O)C(=O)CC2. The number of carbonyl (C=O) groups excluding carboxylic acids is 2. The number of rotatable bonds is 4. The van der Waals surface area contributed by atoms with Crippen LogP contribution < -0.4 is 10.1 Å². The molecule has 6 rings (SSSR count). The molecule has 1 heterocycles. The molecule has 4 aliphatic carbocycles. The van der Waals surface area contributed by atoms with Crippen molar-refractivity contribution in [3.05, 3.63) is 23.3 Å². The highest BCUT2D eigenvalue weighted by Crippen LogP contribution is 2.49. The first-order chi connectivity index (χ1) is 19.8. The molecule has 1 aromatic carbocycles. The number of phenols is 1. The lowest BCUT2D eigenvalue weighted by atomic mass is 9.60. The standard InChI is InChI=1S/C35H47NO5/c1-41-31-21-25-9-12-32(39)34(14-5-6-24(25)20-30(31)38)17-13-23(18-33(34)40)7-10-27-19-26-8-11-28(37)22-29(26)36-35(27)15-3-2-4-16-35/h20-21,23,26-27,29,33,36,38,40H,2-4,6-13,15-19,22H2,1H3. The van der Waals surface area contributed by atoms with E-state index in [1.807, 2.05) is 6.07 Å². The molecule has 6 heteroatoms. The zero-order valence-corrected chi connectivity index (χ0v) is 24.7. The topological polar surface area (TPSA) is 95.9 Å². The highest BCUT2D eigenvalue weighted by atomic mass is 16.5. The van der Waals surface area contributed by atoms with Crippen molar-refractivity contribution >= 4 is 11.6 Å². The Labute approximate surface area is 245 Å². The van der Waals surface area contributed by atoms with E-state index < -0.39 is 11.5 Å². The molecule has 0 aromatic heterocycles. The molecule has 0 amide bonds. The molecule has 41 heavy (non-hydrogen) atoms. The Morgan fingerprint density at radius 3 is 2.61 bits per heavy atom. The number of carbonyl (C=O) groups is 2. The Morgan fingerprint density at radius 2 is 1.83 bits per heavy atom. The molecular formula is C35H47NO5. The van der Waals surface area contributed by atoms with Gasteiger partial charge in [0.2, 0.25) is 0 Å². The normalized spacial score (nSPS) is 34.9. The Bertz CT molecular complexity index is 1220. The number of ketones is 2. The van der Waals surface area contributed by atoms with Gasteiger partial charge in [-0.2, -0.15) is 0 Å². The molecule has 222 valence electrons. The minimum absolute atomic E-state index is 0.0476. The summed E-state index contributed by atoms with van der Waals surface area (Å²) in [6.45, 7) is 0. The van der Waals surface area contributed by atoms with Gasteiger partial charge in [0.25, 0.3) is 0 Å². The minimum atomic E-state index is -0.983. The fourth-order valence-corrected chi connectivity index (χ4v) is 9.18. The lowest BCUT2D eigenvalue weighted by molar-refractivity contribution is -0.134. The molecule has 3 saturated carbocycles. The van der Waals surface area contributed by atoms with Crippen LogP contribution in [0.15, 0.2) is 12.1 Å². The average Bonchev–Trinajstić information content (AvgIpc) is 3.02. The Balaban J connectivity index is 1.12. The molecule has 5 aliphatic rings. The van der Waals surface area contributed by atoms with E-state index in [0.717, 1.165) is 43.2 Å². The van der Waals surface area contributed by atoms with E-state index >= 15 is 0 Å². The number of ether oxygens (including phenoxy) is 1. The Kier molecular flexibility index (Phi) is 8.22. The third kappa shape index (κ3) is 5.57. The van der Waals surface area contributed by atoms with Crippen molar-refractivity contribution in [2.45, 2.75) is 127 Å². The van der Waals surface area contributed by atoms with Crippen molar-refractivity contribution < 1.29 is 24.5 Å². The van der Waals surface area contributed by atoms with Gasteiger partial charge in [0.05, 0.1) is 13.2 Å². The molecular weight excluding hydrogens is 514 g/mol. The van der Waals surface area contributed by atoms with Crippen LogP contribution in [0, 0.1) is 35.0 Å². The van der Waals surface area contributed by atoms with Crippen LogP contribution >= 0.6 is 0 Å². The van der Waals surface area contributed by atoms with Gasteiger partial charge in [-0.3, -0.25) is 9.59 Å². The largest absolute Gasteiger partial charge is 0.504 e. The first-order valence-corrected chi connectivity index (χ1v) is 16.2. The van der Waals surface area contributed by atoms with Crippen LogP contribution in [-0.2, 0) is 22.4 Å². The predicted octanol–water partition coefficient (Wildman–Crippen LogP) is 5.44. The van der Waals surface area contributed by atoms with Crippen LogP contribution in [0.2, 0.25) is 0 Å². The smallest absolute Gasteiger partial charge is 0.160 e. The maximum absolute atomic E-state index is 13.6. The van der Waals surface area contributed by atoms with Crippen LogP contribution in [0.1, 0.15) is 107 Å². The summed E-state index contributed by atoms with van der Waals surface area (Å²) in [6, 6.07) is 3.88. The number of fused-ring (bicyclic) bond motifs is 2. The monoisotopic (exact) mass is 561 g/mol. The molecule has 6 unspecified atom stereocenters. The average molecular weight is 562 g/mol. The van der Waals surface area contributed by atoms with Crippen molar-refractivity contribution in [3.8, 4) is 23.3 Å². The summed E-state index contributed by atoms with van der Waals surface area (Å²) in [5, 5.41) is 25.8. The van der Waals surface area contributed by atoms with Crippen molar-refractivity contribution in [1.82, 2.24) is 5.32 Å². The predicted molar refractivity (Wildman–Crippen MR) is 158 cm³/mol. The van der Waals surface area contributed by atoms with E-state index in [1.54, 1.807) is 6.07 Å². The summed E-state index contributed by atoms with van der Waals surface area (Å²) in [4.78, 5) is 25.9. The number of piperidine rings is 1. The molecule has 3 N–H and O–H groups in total. The molecule has 1 aromatic rings. The van der Waals surface area contributed by atoms with Crippen LogP contribution in [0.5, 0.6) is 11.5 Å². The van der Waals surface area contributed by atoms with E-state index in [4.69, 9.17) is 4.74 Å². The number of hydrogen-bond acceptors (Lipinski definition) is 6. The first-order valence-electron chi connectivity index (χ1n) is 16.2. The highest BCUT2D eigenvalue weighted by molar-refractivity contribution is 5.89. The first kappa shape index (κ1) is 28.7. The summed E-state index contributed by atoms with van der Waals surface area (Å²) in [5.41, 5.74) is 1.09. The molecule has 1 aliphatic heterocycles. The Hall–Kier alpha value is -2.36. The number of aliphatic hydroxyl groups excluding tert-OH is 1. The number of hydrogen-bond donors (Lipinski definition) is 3. The fourth-order valence-electron chi connectivity index (χ4n) is 9.18. The van der Waals surface area contributed by atoms with E-state index in [-0.39, 0.29) is 17.1 Å². The summed E-state index contributed by atoms with van der Waals surface area (Å²) in [5.74, 6) is 9.12. The second kappa shape index (κ2) is 11.7. The van der Waals surface area contributed by atoms with Crippen LogP contribution in [0.25, 0.3) is 0 Å². The zero-order valence-electron chi connectivity index (χ0n) is 24.7. The quantitative estimate of drug-likeness (QED) is 0.424. The Morgan fingerprint density at radius 1 is 1.00 bits per heavy atom. The number of aliphatic hydroxyl groups is 1. The number of Topliss-reactive ketones (excluding diaryl/α,β-unsaturated/α-hetero) is 2. The maximum atomic E-state index is 13.6. The van der Waals surface area contributed by atoms with Gasteiger partial charge >= 0.3 is 0 Å². The molecule has 4 fully saturated rings. The zero-order chi connectivity index (χ0) is 28.6.